The number of hydrogen-bond acceptors (Lipinski definition) is 4. The van der Waals surface area contributed by atoms with Crippen molar-refractivity contribution in [3.63, 3.8) is 0 Å². The molecule has 5 nitrogen and oxygen atoms in total. The minimum absolute atomic E-state index is 0.0162. The van der Waals surface area contributed by atoms with Gasteiger partial charge in [-0.25, -0.2) is 8.42 Å². The number of sulfone groups is 1. The lowest BCUT2D eigenvalue weighted by atomic mass is 10.1. The summed E-state index contributed by atoms with van der Waals surface area (Å²) < 4.78 is 29.2. The number of carbonyl (C=O) groups is 1. The third-order valence-electron chi connectivity index (χ3n) is 4.33. The molecule has 24 heavy (non-hydrogen) atoms. The van der Waals surface area contributed by atoms with Crippen LogP contribution in [0.5, 0.6) is 0 Å². The van der Waals surface area contributed by atoms with Gasteiger partial charge in [0.2, 0.25) is 0 Å². The fraction of sp³-hybridized carbons (Fsp3) is 0.353. The third kappa shape index (κ3) is 3.08. The molecule has 1 amide bonds. The van der Waals surface area contributed by atoms with Crippen molar-refractivity contribution in [1.29, 1.82) is 0 Å². The summed E-state index contributed by atoms with van der Waals surface area (Å²) in [4.78, 5) is 14.5. The van der Waals surface area contributed by atoms with E-state index in [1.807, 2.05) is 0 Å². The van der Waals surface area contributed by atoms with E-state index in [1.54, 1.807) is 31.2 Å². The van der Waals surface area contributed by atoms with Gasteiger partial charge in [0, 0.05) is 28.6 Å². The SMILES string of the molecule is C=CCN(C(=O)c1oc2ccc(Cl)cc2c1C)[C@@H]1CCS(=O)(=O)C1. The largest absolute Gasteiger partial charge is 0.451 e. The first-order chi connectivity index (χ1) is 11.3. The molecule has 1 aromatic heterocycles. The number of benzene rings is 1. The zero-order chi connectivity index (χ0) is 17.5. The summed E-state index contributed by atoms with van der Waals surface area (Å²) in [5, 5.41) is 1.35. The Bertz CT molecular complexity index is 916. The van der Waals surface area contributed by atoms with Gasteiger partial charge in [-0.3, -0.25) is 4.79 Å². The molecule has 0 bridgehead atoms. The smallest absolute Gasteiger partial charge is 0.290 e. The van der Waals surface area contributed by atoms with Crippen molar-refractivity contribution in [2.75, 3.05) is 18.1 Å². The van der Waals surface area contributed by atoms with Gasteiger partial charge in [0.1, 0.15) is 5.58 Å². The fourth-order valence-electron chi connectivity index (χ4n) is 3.09. The molecule has 3 rings (SSSR count). The topological polar surface area (TPSA) is 67.6 Å². The maximum Gasteiger partial charge on any atom is 0.290 e. The second-order valence-corrected chi connectivity index (χ2v) is 8.66. The molecule has 7 heteroatoms. The molecule has 2 aromatic rings. The van der Waals surface area contributed by atoms with Gasteiger partial charge < -0.3 is 9.32 Å². The van der Waals surface area contributed by atoms with Gasteiger partial charge in [0.05, 0.1) is 11.5 Å². The van der Waals surface area contributed by atoms with Crippen LogP contribution in [0.25, 0.3) is 11.0 Å². The van der Waals surface area contributed by atoms with E-state index < -0.39 is 9.84 Å². The Hall–Kier alpha value is -1.79. The Morgan fingerprint density at radius 3 is 2.88 bits per heavy atom. The van der Waals surface area contributed by atoms with Gasteiger partial charge in [0.15, 0.2) is 15.6 Å². The lowest BCUT2D eigenvalue weighted by molar-refractivity contribution is 0.0689. The van der Waals surface area contributed by atoms with Gasteiger partial charge in [0.25, 0.3) is 5.91 Å². The first-order valence-electron chi connectivity index (χ1n) is 7.63. The standard InChI is InChI=1S/C17H18ClNO4S/c1-3-7-19(13-6-8-24(21,22)10-13)17(20)16-11(2)14-9-12(18)4-5-15(14)23-16/h3-5,9,13H,1,6-8,10H2,2H3/t13-/m1/s1. The van der Waals surface area contributed by atoms with E-state index in [9.17, 15) is 13.2 Å². The molecular weight excluding hydrogens is 350 g/mol. The number of rotatable bonds is 4. The molecule has 0 radical (unpaired) electrons. The van der Waals surface area contributed by atoms with Gasteiger partial charge in [-0.15, -0.1) is 6.58 Å². The summed E-state index contributed by atoms with van der Waals surface area (Å²) in [5.41, 5.74) is 1.28. The van der Waals surface area contributed by atoms with Crippen molar-refractivity contribution in [3.05, 3.63) is 47.2 Å². The summed E-state index contributed by atoms with van der Waals surface area (Å²) in [7, 11) is -3.09. The normalized spacial score (nSPS) is 19.5. The molecule has 1 aliphatic heterocycles. The van der Waals surface area contributed by atoms with Crippen LogP contribution in [0.1, 0.15) is 22.5 Å². The lowest BCUT2D eigenvalue weighted by Gasteiger charge is -2.26. The van der Waals surface area contributed by atoms with Crippen LogP contribution in [0.3, 0.4) is 0 Å². The average Bonchev–Trinajstić information content (AvgIpc) is 3.04. The highest BCUT2D eigenvalue weighted by Gasteiger charge is 2.36. The molecule has 1 atom stereocenters. The lowest BCUT2D eigenvalue weighted by Crippen LogP contribution is -2.41. The Morgan fingerprint density at radius 1 is 1.50 bits per heavy atom. The molecule has 1 fully saturated rings. The molecule has 128 valence electrons. The van der Waals surface area contributed by atoms with E-state index in [1.165, 1.54) is 4.90 Å². The number of aryl methyl sites for hydroxylation is 1. The summed E-state index contributed by atoms with van der Waals surface area (Å²) in [6.45, 7) is 5.74. The molecule has 1 aromatic carbocycles. The van der Waals surface area contributed by atoms with Crippen molar-refractivity contribution in [1.82, 2.24) is 4.90 Å². The van der Waals surface area contributed by atoms with Gasteiger partial charge in [-0.1, -0.05) is 17.7 Å². The quantitative estimate of drug-likeness (QED) is 0.778. The predicted octanol–water partition coefficient (Wildman–Crippen LogP) is 3.21. The summed E-state index contributed by atoms with van der Waals surface area (Å²) in [5.74, 6) is -0.00871. The van der Waals surface area contributed by atoms with Crippen LogP contribution in [0, 0.1) is 6.92 Å². The predicted molar refractivity (Wildman–Crippen MR) is 94.3 cm³/mol. The number of nitrogens with zero attached hydrogens (tertiary/aromatic N) is 1. The maximum atomic E-state index is 13.0. The molecule has 0 spiro atoms. The first kappa shape index (κ1) is 17.0. The highest BCUT2D eigenvalue weighted by atomic mass is 35.5. The molecule has 0 saturated carbocycles. The number of carbonyl (C=O) groups excluding carboxylic acids is 1. The molecule has 0 unspecified atom stereocenters. The van der Waals surface area contributed by atoms with Crippen LogP contribution in [0.4, 0.5) is 0 Å². The zero-order valence-electron chi connectivity index (χ0n) is 13.3. The second kappa shape index (κ2) is 6.26. The van der Waals surface area contributed by atoms with Crippen LogP contribution in [-0.4, -0.2) is 43.3 Å². The van der Waals surface area contributed by atoms with Gasteiger partial charge in [-0.05, 0) is 31.5 Å². The molecule has 2 heterocycles. The van der Waals surface area contributed by atoms with E-state index in [4.69, 9.17) is 16.0 Å². The number of halogens is 1. The number of hydrogen-bond donors (Lipinski definition) is 0. The van der Waals surface area contributed by atoms with E-state index in [0.717, 1.165) is 5.39 Å². The van der Waals surface area contributed by atoms with Crippen molar-refractivity contribution in [3.8, 4) is 0 Å². The molecule has 1 saturated heterocycles. The van der Waals surface area contributed by atoms with Crippen LogP contribution in [-0.2, 0) is 9.84 Å². The number of furan rings is 1. The molecule has 1 aliphatic rings. The van der Waals surface area contributed by atoms with Crippen molar-refractivity contribution >= 4 is 38.3 Å². The minimum atomic E-state index is -3.09. The zero-order valence-corrected chi connectivity index (χ0v) is 14.9. The highest BCUT2D eigenvalue weighted by Crippen LogP contribution is 2.30. The van der Waals surface area contributed by atoms with Crippen LogP contribution in [0.15, 0.2) is 35.3 Å². The Morgan fingerprint density at radius 2 is 2.25 bits per heavy atom. The molecule has 0 N–H and O–H groups in total. The van der Waals surface area contributed by atoms with Crippen molar-refractivity contribution in [2.45, 2.75) is 19.4 Å². The summed E-state index contributed by atoms with van der Waals surface area (Å²) in [6, 6.07) is 4.83. The maximum absolute atomic E-state index is 13.0. The van der Waals surface area contributed by atoms with Crippen molar-refractivity contribution in [2.24, 2.45) is 0 Å². The van der Waals surface area contributed by atoms with Crippen LogP contribution < -0.4 is 0 Å². The second-order valence-electron chi connectivity index (χ2n) is 6.00. The van der Waals surface area contributed by atoms with E-state index >= 15 is 0 Å². The Balaban J connectivity index is 1.99. The van der Waals surface area contributed by atoms with Crippen LogP contribution >= 0.6 is 11.6 Å². The Labute approximate surface area is 145 Å². The fourth-order valence-corrected chi connectivity index (χ4v) is 4.99. The van der Waals surface area contributed by atoms with Crippen LogP contribution in [0.2, 0.25) is 5.02 Å². The monoisotopic (exact) mass is 367 g/mol. The minimum Gasteiger partial charge on any atom is -0.451 e. The van der Waals surface area contributed by atoms with Gasteiger partial charge in [-0.2, -0.15) is 0 Å². The van der Waals surface area contributed by atoms with Crippen molar-refractivity contribution < 1.29 is 17.6 Å². The number of fused-ring (bicyclic) bond motifs is 1. The van der Waals surface area contributed by atoms with E-state index in [-0.39, 0.29) is 35.8 Å². The first-order valence-corrected chi connectivity index (χ1v) is 9.83. The summed E-state index contributed by atoms with van der Waals surface area (Å²) >= 11 is 6.01. The van der Waals surface area contributed by atoms with E-state index in [2.05, 4.69) is 6.58 Å². The number of amides is 1. The summed E-state index contributed by atoms with van der Waals surface area (Å²) in [6.07, 6.45) is 2.03. The third-order valence-corrected chi connectivity index (χ3v) is 6.31. The Kier molecular flexibility index (Phi) is 4.44. The molecular formula is C17H18ClNO4S. The molecule has 0 aliphatic carbocycles. The average molecular weight is 368 g/mol. The highest BCUT2D eigenvalue weighted by molar-refractivity contribution is 7.91. The van der Waals surface area contributed by atoms with E-state index in [0.29, 0.717) is 22.6 Å². The van der Waals surface area contributed by atoms with Gasteiger partial charge >= 0.3 is 0 Å².